The van der Waals surface area contributed by atoms with Gasteiger partial charge in [-0.1, -0.05) is 11.6 Å². The Bertz CT molecular complexity index is 737. The highest BCUT2D eigenvalue weighted by molar-refractivity contribution is 7.91. The van der Waals surface area contributed by atoms with Crippen LogP contribution in [0.5, 0.6) is 5.75 Å². The highest BCUT2D eigenvalue weighted by Gasteiger charge is 2.47. The zero-order valence-electron chi connectivity index (χ0n) is 13.0. The first kappa shape index (κ1) is 16.5. The second-order valence-corrected chi connectivity index (χ2v) is 8.63. The van der Waals surface area contributed by atoms with Crippen molar-refractivity contribution in [3.63, 3.8) is 0 Å². The van der Waals surface area contributed by atoms with Crippen molar-refractivity contribution in [3.8, 4) is 5.75 Å². The van der Waals surface area contributed by atoms with Crippen LogP contribution in [0.2, 0.25) is 5.02 Å². The number of carbonyl (C=O) groups is 1. The Morgan fingerprint density at radius 1 is 1.26 bits per heavy atom. The second kappa shape index (κ2) is 5.96. The molecule has 2 fully saturated rings. The van der Waals surface area contributed by atoms with E-state index >= 15 is 0 Å². The molecule has 0 aromatic heterocycles. The molecule has 1 amide bonds. The molecule has 126 valence electrons. The van der Waals surface area contributed by atoms with Gasteiger partial charge in [0.25, 0.3) is 5.91 Å². The molecule has 1 aromatic rings. The predicted molar refractivity (Wildman–Crippen MR) is 87.9 cm³/mol. The molecule has 6 nitrogen and oxygen atoms in total. The summed E-state index contributed by atoms with van der Waals surface area (Å²) in [4.78, 5) is 16.6. The van der Waals surface area contributed by atoms with Crippen molar-refractivity contribution in [3.05, 3.63) is 28.8 Å². The van der Waals surface area contributed by atoms with Crippen LogP contribution in [-0.2, 0) is 9.84 Å². The summed E-state index contributed by atoms with van der Waals surface area (Å²) in [7, 11) is 0.269. The fourth-order valence-corrected chi connectivity index (χ4v) is 5.61. The van der Waals surface area contributed by atoms with Gasteiger partial charge in [-0.05, 0) is 25.2 Å². The summed E-state index contributed by atoms with van der Waals surface area (Å²) in [6.07, 6.45) is 0. The number of ether oxygens (including phenoxy) is 1. The van der Waals surface area contributed by atoms with E-state index in [-0.39, 0.29) is 29.5 Å². The van der Waals surface area contributed by atoms with Gasteiger partial charge in [0.2, 0.25) is 0 Å². The van der Waals surface area contributed by atoms with E-state index in [1.165, 1.54) is 7.11 Å². The van der Waals surface area contributed by atoms with Gasteiger partial charge in [-0.2, -0.15) is 0 Å². The number of hydrogen-bond acceptors (Lipinski definition) is 5. The minimum atomic E-state index is -3.13. The molecule has 23 heavy (non-hydrogen) atoms. The van der Waals surface area contributed by atoms with Gasteiger partial charge in [-0.3, -0.25) is 9.69 Å². The second-order valence-electron chi connectivity index (χ2n) is 6.04. The normalized spacial score (nSPS) is 26.8. The van der Waals surface area contributed by atoms with E-state index < -0.39 is 9.84 Å². The van der Waals surface area contributed by atoms with Crippen molar-refractivity contribution < 1.29 is 17.9 Å². The minimum absolute atomic E-state index is 0.0105. The first-order valence-electron chi connectivity index (χ1n) is 7.37. The zero-order valence-corrected chi connectivity index (χ0v) is 14.6. The third-order valence-corrected chi connectivity index (χ3v) is 6.54. The van der Waals surface area contributed by atoms with Gasteiger partial charge in [-0.15, -0.1) is 0 Å². The number of sulfone groups is 1. The standard InChI is InChI=1S/C15H19ClN2O4S/c1-17-5-6-18(13-9-23(20,21)8-12(13)17)15(19)11-7-10(16)3-4-14(11)22-2/h3-4,7,12-13H,5-6,8-9H2,1-2H3/t12-,13+/m1/s1. The first-order valence-corrected chi connectivity index (χ1v) is 9.57. The lowest BCUT2D eigenvalue weighted by Gasteiger charge is -2.42. The van der Waals surface area contributed by atoms with Gasteiger partial charge in [0.1, 0.15) is 5.75 Å². The number of hydrogen-bond donors (Lipinski definition) is 0. The Morgan fingerprint density at radius 3 is 2.65 bits per heavy atom. The van der Waals surface area contributed by atoms with Crippen LogP contribution in [0.1, 0.15) is 10.4 Å². The van der Waals surface area contributed by atoms with Gasteiger partial charge in [-0.25, -0.2) is 8.42 Å². The monoisotopic (exact) mass is 358 g/mol. The average Bonchev–Trinajstić information content (AvgIpc) is 2.83. The number of methoxy groups -OCH3 is 1. The molecule has 2 saturated heterocycles. The predicted octanol–water partition coefficient (Wildman–Crippen LogP) is 0.902. The van der Waals surface area contributed by atoms with E-state index in [4.69, 9.17) is 16.3 Å². The van der Waals surface area contributed by atoms with Crippen LogP contribution in [0.15, 0.2) is 18.2 Å². The van der Waals surface area contributed by atoms with E-state index in [2.05, 4.69) is 0 Å². The Hall–Kier alpha value is -1.31. The van der Waals surface area contributed by atoms with Crippen molar-refractivity contribution in [2.75, 3.05) is 38.8 Å². The van der Waals surface area contributed by atoms with Gasteiger partial charge < -0.3 is 9.64 Å². The molecule has 0 aliphatic carbocycles. The van der Waals surface area contributed by atoms with Crippen LogP contribution in [0.4, 0.5) is 0 Å². The lowest BCUT2D eigenvalue weighted by molar-refractivity contribution is 0.0407. The number of amides is 1. The lowest BCUT2D eigenvalue weighted by Crippen LogP contribution is -2.59. The average molecular weight is 359 g/mol. The molecule has 2 atom stereocenters. The van der Waals surface area contributed by atoms with Gasteiger partial charge in [0.15, 0.2) is 9.84 Å². The molecule has 0 bridgehead atoms. The highest BCUT2D eigenvalue weighted by Crippen LogP contribution is 2.30. The fraction of sp³-hybridized carbons (Fsp3) is 0.533. The molecule has 8 heteroatoms. The van der Waals surface area contributed by atoms with E-state index in [1.807, 2.05) is 11.9 Å². The minimum Gasteiger partial charge on any atom is -0.496 e. The van der Waals surface area contributed by atoms with E-state index in [0.29, 0.717) is 29.4 Å². The summed E-state index contributed by atoms with van der Waals surface area (Å²) in [5, 5.41) is 0.443. The van der Waals surface area contributed by atoms with Crippen molar-refractivity contribution in [1.29, 1.82) is 0 Å². The Kier molecular flexibility index (Phi) is 4.29. The summed E-state index contributed by atoms with van der Waals surface area (Å²) in [5.74, 6) is 0.321. The SMILES string of the molecule is COc1ccc(Cl)cc1C(=O)N1CCN(C)[C@@H]2CS(=O)(=O)C[C@@H]21. The molecule has 0 saturated carbocycles. The van der Waals surface area contributed by atoms with Crippen LogP contribution in [0.25, 0.3) is 0 Å². The molecule has 2 aliphatic rings. The van der Waals surface area contributed by atoms with Crippen molar-refractivity contribution in [2.24, 2.45) is 0 Å². The molecule has 2 aliphatic heterocycles. The number of benzene rings is 1. The third kappa shape index (κ3) is 3.05. The molecular weight excluding hydrogens is 340 g/mol. The number of carbonyl (C=O) groups excluding carboxylic acids is 1. The molecule has 3 rings (SSSR count). The van der Waals surface area contributed by atoms with E-state index in [1.54, 1.807) is 23.1 Å². The summed E-state index contributed by atoms with van der Waals surface area (Å²) in [6, 6.07) is 4.40. The summed E-state index contributed by atoms with van der Waals surface area (Å²) >= 11 is 6.01. The summed E-state index contributed by atoms with van der Waals surface area (Å²) in [5.41, 5.74) is 0.368. The van der Waals surface area contributed by atoms with Crippen molar-refractivity contribution in [1.82, 2.24) is 9.80 Å². The quantitative estimate of drug-likeness (QED) is 0.786. The van der Waals surface area contributed by atoms with Gasteiger partial charge in [0, 0.05) is 24.2 Å². The Balaban J connectivity index is 1.95. The van der Waals surface area contributed by atoms with Crippen LogP contribution < -0.4 is 4.74 Å². The molecule has 0 unspecified atom stereocenters. The molecule has 0 spiro atoms. The Labute approximate surface area is 140 Å². The number of piperazine rings is 1. The maximum Gasteiger partial charge on any atom is 0.258 e. The van der Waals surface area contributed by atoms with Gasteiger partial charge >= 0.3 is 0 Å². The fourth-order valence-electron chi connectivity index (χ4n) is 3.38. The van der Waals surface area contributed by atoms with Crippen LogP contribution in [0, 0.1) is 0 Å². The van der Waals surface area contributed by atoms with Crippen LogP contribution in [0.3, 0.4) is 0 Å². The molecule has 0 N–H and O–H groups in total. The van der Waals surface area contributed by atoms with Gasteiger partial charge in [0.05, 0.1) is 30.2 Å². The topological polar surface area (TPSA) is 66.9 Å². The number of halogens is 1. The van der Waals surface area contributed by atoms with Crippen LogP contribution >= 0.6 is 11.6 Å². The number of likely N-dealkylation sites (N-methyl/N-ethyl adjacent to an activating group) is 1. The molecule has 0 radical (unpaired) electrons. The third-order valence-electron chi connectivity index (χ3n) is 4.61. The first-order chi connectivity index (χ1) is 10.8. The zero-order chi connectivity index (χ0) is 16.8. The smallest absolute Gasteiger partial charge is 0.258 e. The van der Waals surface area contributed by atoms with Crippen molar-refractivity contribution in [2.45, 2.75) is 12.1 Å². The summed E-state index contributed by atoms with van der Waals surface area (Å²) < 4.78 is 29.3. The number of nitrogens with zero attached hydrogens (tertiary/aromatic N) is 2. The van der Waals surface area contributed by atoms with E-state index in [9.17, 15) is 13.2 Å². The van der Waals surface area contributed by atoms with Crippen molar-refractivity contribution >= 4 is 27.3 Å². The lowest BCUT2D eigenvalue weighted by atomic mass is 10.0. The Morgan fingerprint density at radius 2 is 1.96 bits per heavy atom. The van der Waals surface area contributed by atoms with E-state index in [0.717, 1.165) is 0 Å². The highest BCUT2D eigenvalue weighted by atomic mass is 35.5. The number of rotatable bonds is 2. The maximum atomic E-state index is 13.0. The molecule has 2 heterocycles. The maximum absolute atomic E-state index is 13.0. The van der Waals surface area contributed by atoms with Crippen LogP contribution in [-0.4, -0.2) is 75.0 Å². The summed E-state index contributed by atoms with van der Waals surface area (Å²) in [6.45, 7) is 1.13. The number of fused-ring (bicyclic) bond motifs is 1. The molecular formula is C15H19ClN2O4S. The largest absolute Gasteiger partial charge is 0.496 e. The molecule has 1 aromatic carbocycles.